The minimum absolute atomic E-state index is 0.115. The van der Waals surface area contributed by atoms with Crippen LogP contribution in [-0.4, -0.2) is 28.8 Å². The number of nitrogens with zero attached hydrogens (tertiary/aromatic N) is 2. The Hall–Kier alpha value is -4.12. The molecule has 0 saturated heterocycles. The van der Waals surface area contributed by atoms with Crippen LogP contribution in [0.4, 0.5) is 17.1 Å². The molecule has 30 heavy (non-hydrogen) atoms. The number of amides is 1. The lowest BCUT2D eigenvalue weighted by atomic mass is 10.1. The first-order chi connectivity index (χ1) is 14.3. The molecule has 0 atom stereocenters. The fraction of sp³-hybridized carbons (Fsp3) is 0.0526. The van der Waals surface area contributed by atoms with Gasteiger partial charge in [0.2, 0.25) is 0 Å². The highest BCUT2D eigenvalue weighted by Gasteiger charge is 2.23. The van der Waals surface area contributed by atoms with E-state index in [2.05, 4.69) is 5.32 Å². The predicted octanol–water partition coefficient (Wildman–Crippen LogP) is 4.27. The van der Waals surface area contributed by atoms with Crippen molar-refractivity contribution in [2.75, 3.05) is 12.4 Å². The summed E-state index contributed by atoms with van der Waals surface area (Å²) in [5.41, 5.74) is -0.557. The lowest BCUT2D eigenvalue weighted by molar-refractivity contribution is -0.394. The zero-order valence-corrected chi connectivity index (χ0v) is 16.2. The Balaban J connectivity index is 2.00. The summed E-state index contributed by atoms with van der Waals surface area (Å²) in [7, 11) is 1.19. The van der Waals surface area contributed by atoms with E-state index in [4.69, 9.17) is 4.74 Å². The highest BCUT2D eigenvalue weighted by atomic mass is 32.1. The van der Waals surface area contributed by atoms with Crippen molar-refractivity contribution in [3.05, 3.63) is 85.3 Å². The number of thiophene rings is 1. The summed E-state index contributed by atoms with van der Waals surface area (Å²) in [4.78, 5) is 46.0. The van der Waals surface area contributed by atoms with E-state index in [0.717, 1.165) is 35.1 Å². The van der Waals surface area contributed by atoms with Crippen molar-refractivity contribution >= 4 is 40.3 Å². The molecule has 0 aliphatic rings. The predicted molar refractivity (Wildman–Crippen MR) is 109 cm³/mol. The van der Waals surface area contributed by atoms with Gasteiger partial charge in [-0.2, -0.15) is 0 Å². The molecule has 0 unspecified atom stereocenters. The minimum Gasteiger partial charge on any atom is -0.465 e. The molecule has 10 nitrogen and oxygen atoms in total. The molecule has 11 heteroatoms. The van der Waals surface area contributed by atoms with Gasteiger partial charge < -0.3 is 10.1 Å². The lowest BCUT2D eigenvalue weighted by Crippen LogP contribution is -2.14. The van der Waals surface area contributed by atoms with E-state index in [1.807, 2.05) is 30.3 Å². The van der Waals surface area contributed by atoms with Gasteiger partial charge in [-0.05, 0) is 11.6 Å². The monoisotopic (exact) mass is 427 g/mol. The van der Waals surface area contributed by atoms with Crippen molar-refractivity contribution in [1.82, 2.24) is 0 Å². The van der Waals surface area contributed by atoms with E-state index < -0.39 is 33.1 Å². The van der Waals surface area contributed by atoms with Crippen molar-refractivity contribution in [3.63, 3.8) is 0 Å². The van der Waals surface area contributed by atoms with Gasteiger partial charge in [0.15, 0.2) is 0 Å². The third kappa shape index (κ3) is 4.31. The number of benzene rings is 2. The molecule has 0 bridgehead atoms. The van der Waals surface area contributed by atoms with Crippen molar-refractivity contribution in [2.45, 2.75) is 0 Å². The Kier molecular flexibility index (Phi) is 5.83. The number of carbonyl (C=O) groups excluding carboxylic acids is 2. The van der Waals surface area contributed by atoms with Crippen LogP contribution in [0.25, 0.3) is 10.4 Å². The topological polar surface area (TPSA) is 142 Å². The molecule has 2 aromatic carbocycles. The van der Waals surface area contributed by atoms with Gasteiger partial charge in [-0.1, -0.05) is 30.3 Å². The summed E-state index contributed by atoms with van der Waals surface area (Å²) < 4.78 is 4.76. The van der Waals surface area contributed by atoms with Crippen LogP contribution in [0.15, 0.2) is 54.6 Å². The zero-order chi connectivity index (χ0) is 21.8. The van der Waals surface area contributed by atoms with Crippen LogP contribution < -0.4 is 5.32 Å². The molecule has 0 spiro atoms. The van der Waals surface area contributed by atoms with Crippen LogP contribution in [0.5, 0.6) is 0 Å². The van der Waals surface area contributed by atoms with Gasteiger partial charge in [-0.3, -0.25) is 25.0 Å². The molecule has 0 aliphatic carbocycles. The van der Waals surface area contributed by atoms with Gasteiger partial charge in [0.25, 0.3) is 17.3 Å². The summed E-state index contributed by atoms with van der Waals surface area (Å²) in [6, 6.07) is 13.3. The highest BCUT2D eigenvalue weighted by Crippen LogP contribution is 2.35. The molecular weight excluding hydrogens is 414 g/mol. The van der Waals surface area contributed by atoms with Crippen molar-refractivity contribution in [3.8, 4) is 10.4 Å². The average molecular weight is 427 g/mol. The molecular formula is C19H13N3O7S. The number of non-ortho nitro benzene ring substituents is 2. The number of nitro groups is 2. The number of nitrogens with one attached hydrogen (secondary N) is 1. The third-order valence-corrected chi connectivity index (χ3v) is 5.16. The Morgan fingerprint density at radius 2 is 1.57 bits per heavy atom. The van der Waals surface area contributed by atoms with Crippen LogP contribution in [0, 0.1) is 20.2 Å². The molecule has 0 fully saturated rings. The number of methoxy groups -OCH3 is 1. The second-order valence-corrected chi connectivity index (χ2v) is 6.97. The van der Waals surface area contributed by atoms with E-state index in [9.17, 15) is 29.8 Å². The Labute approximate surface area is 173 Å². The number of anilines is 1. The summed E-state index contributed by atoms with van der Waals surface area (Å²) >= 11 is 1.09. The van der Waals surface area contributed by atoms with E-state index in [0.29, 0.717) is 4.88 Å². The van der Waals surface area contributed by atoms with Gasteiger partial charge in [0.05, 0.1) is 34.3 Å². The van der Waals surface area contributed by atoms with Crippen molar-refractivity contribution < 1.29 is 24.2 Å². The molecule has 3 aromatic rings. The number of hydrogen-bond acceptors (Lipinski definition) is 8. The molecule has 1 heterocycles. The Morgan fingerprint density at radius 3 is 2.10 bits per heavy atom. The van der Waals surface area contributed by atoms with Gasteiger partial charge in [0.1, 0.15) is 4.88 Å². The van der Waals surface area contributed by atoms with E-state index in [1.165, 1.54) is 7.11 Å². The molecule has 1 amide bonds. The lowest BCUT2D eigenvalue weighted by Gasteiger charge is -2.06. The van der Waals surface area contributed by atoms with E-state index in [-0.39, 0.29) is 16.1 Å². The normalized spacial score (nSPS) is 10.3. The molecule has 0 aliphatic heterocycles. The Morgan fingerprint density at radius 1 is 0.967 bits per heavy atom. The van der Waals surface area contributed by atoms with Crippen LogP contribution in [0.1, 0.15) is 20.0 Å². The first-order valence-electron chi connectivity index (χ1n) is 8.33. The number of nitro benzene ring substituents is 2. The van der Waals surface area contributed by atoms with Crippen LogP contribution >= 0.6 is 11.3 Å². The molecule has 1 N–H and O–H groups in total. The second-order valence-electron chi connectivity index (χ2n) is 5.92. The largest absolute Gasteiger partial charge is 0.465 e. The maximum atomic E-state index is 12.7. The van der Waals surface area contributed by atoms with Crippen LogP contribution in [-0.2, 0) is 4.74 Å². The highest BCUT2D eigenvalue weighted by molar-refractivity contribution is 7.18. The van der Waals surface area contributed by atoms with Crippen LogP contribution in [0.2, 0.25) is 0 Å². The third-order valence-electron chi connectivity index (χ3n) is 4.00. The number of esters is 1. The number of rotatable bonds is 6. The van der Waals surface area contributed by atoms with Crippen molar-refractivity contribution in [1.29, 1.82) is 0 Å². The maximum absolute atomic E-state index is 12.7. The fourth-order valence-electron chi connectivity index (χ4n) is 2.60. The molecule has 0 radical (unpaired) electrons. The SMILES string of the molecule is COC(=O)c1sc(-c2ccccc2)cc1NC(=O)c1cc([N+](=O)[O-])cc([N+](=O)[O-])c1. The molecule has 3 rings (SSSR count). The van der Waals surface area contributed by atoms with Crippen molar-refractivity contribution in [2.24, 2.45) is 0 Å². The zero-order valence-electron chi connectivity index (χ0n) is 15.4. The van der Waals surface area contributed by atoms with Gasteiger partial charge in [-0.25, -0.2) is 4.79 Å². The molecule has 1 aromatic heterocycles. The second kappa shape index (κ2) is 8.49. The summed E-state index contributed by atoms with van der Waals surface area (Å²) in [5, 5.41) is 24.6. The first kappa shape index (κ1) is 20.6. The van der Waals surface area contributed by atoms with E-state index in [1.54, 1.807) is 6.07 Å². The summed E-state index contributed by atoms with van der Waals surface area (Å²) in [5.74, 6) is -1.52. The van der Waals surface area contributed by atoms with Gasteiger partial charge in [-0.15, -0.1) is 11.3 Å². The standard InChI is InChI=1S/C19H13N3O7S/c1-29-19(24)17-15(10-16(30-17)11-5-3-2-4-6-11)20-18(23)12-7-13(21(25)26)9-14(8-12)22(27)28/h2-10H,1H3,(H,20,23). The first-order valence-corrected chi connectivity index (χ1v) is 9.14. The van der Waals surface area contributed by atoms with Gasteiger partial charge in [0, 0.05) is 17.0 Å². The smallest absolute Gasteiger partial charge is 0.350 e. The minimum atomic E-state index is -0.843. The number of carbonyl (C=O) groups is 2. The van der Waals surface area contributed by atoms with E-state index >= 15 is 0 Å². The number of ether oxygens (including phenoxy) is 1. The van der Waals surface area contributed by atoms with Gasteiger partial charge >= 0.3 is 5.97 Å². The molecule has 0 saturated carbocycles. The Bertz CT molecular complexity index is 1130. The average Bonchev–Trinajstić information content (AvgIpc) is 3.17. The maximum Gasteiger partial charge on any atom is 0.350 e. The molecule has 152 valence electrons. The summed E-state index contributed by atoms with van der Waals surface area (Å²) in [6.45, 7) is 0. The number of hydrogen-bond donors (Lipinski definition) is 1. The van der Waals surface area contributed by atoms with Crippen LogP contribution in [0.3, 0.4) is 0 Å². The fourth-order valence-corrected chi connectivity index (χ4v) is 3.64. The summed E-state index contributed by atoms with van der Waals surface area (Å²) in [6.07, 6.45) is 0. The quantitative estimate of drug-likeness (QED) is 0.352.